The molecular formula is C6H9NO3. The number of hydrogen-bond acceptors (Lipinski definition) is 3. The molecule has 0 aromatic carbocycles. The number of rotatable bonds is 1. The summed E-state index contributed by atoms with van der Waals surface area (Å²) in [6.45, 7) is 2.35. The third kappa shape index (κ3) is 1.97. The van der Waals surface area contributed by atoms with Crippen LogP contribution < -0.4 is 0 Å². The fourth-order valence-corrected chi connectivity index (χ4v) is 0.379. The summed E-state index contributed by atoms with van der Waals surface area (Å²) in [6.07, 6.45) is 0. The normalized spacial score (nSPS) is 8.70. The molecule has 0 unspecified atom stereocenters. The molecule has 0 spiro atoms. The van der Waals surface area contributed by atoms with Crippen molar-refractivity contribution in [3.63, 3.8) is 0 Å². The Bertz CT molecular complexity index is 185. The Labute approximate surface area is 58.8 Å². The molecule has 0 saturated heterocycles. The third-order valence-electron chi connectivity index (χ3n) is 1.08. The predicted octanol–water partition coefficient (Wildman–Crippen LogP) is -0.420. The van der Waals surface area contributed by atoms with Crippen LogP contribution in [-0.2, 0) is 14.4 Å². The Hall–Kier alpha value is -1.19. The quantitative estimate of drug-likeness (QED) is 0.468. The van der Waals surface area contributed by atoms with Crippen molar-refractivity contribution >= 4 is 17.6 Å². The third-order valence-corrected chi connectivity index (χ3v) is 1.08. The van der Waals surface area contributed by atoms with Crippen LogP contribution in [0.3, 0.4) is 0 Å². The van der Waals surface area contributed by atoms with E-state index in [9.17, 15) is 14.4 Å². The summed E-state index contributed by atoms with van der Waals surface area (Å²) in [4.78, 5) is 32.2. The van der Waals surface area contributed by atoms with Crippen molar-refractivity contribution in [2.45, 2.75) is 13.8 Å². The van der Waals surface area contributed by atoms with Gasteiger partial charge in [0, 0.05) is 20.9 Å². The summed E-state index contributed by atoms with van der Waals surface area (Å²) < 4.78 is 0. The van der Waals surface area contributed by atoms with E-state index in [0.717, 1.165) is 11.8 Å². The van der Waals surface area contributed by atoms with Crippen LogP contribution in [0.1, 0.15) is 13.8 Å². The second-order valence-electron chi connectivity index (χ2n) is 1.94. The molecule has 0 radical (unpaired) electrons. The fraction of sp³-hybridized carbons (Fsp3) is 0.500. The molecule has 0 aromatic heterocycles. The van der Waals surface area contributed by atoms with Gasteiger partial charge in [-0.15, -0.1) is 0 Å². The molecule has 2 amide bonds. The van der Waals surface area contributed by atoms with Crippen molar-refractivity contribution in [3.8, 4) is 0 Å². The van der Waals surface area contributed by atoms with E-state index in [1.807, 2.05) is 0 Å². The molecule has 4 heteroatoms. The standard InChI is InChI=1S/C6H9NO3/c1-4(8)6(10)7(3)5(2)9/h1-3H3. The summed E-state index contributed by atoms with van der Waals surface area (Å²) in [6, 6.07) is 0. The van der Waals surface area contributed by atoms with Gasteiger partial charge < -0.3 is 0 Å². The Morgan fingerprint density at radius 3 is 1.60 bits per heavy atom. The first-order valence-electron chi connectivity index (χ1n) is 2.76. The minimum atomic E-state index is -0.771. The molecule has 0 rings (SSSR count). The number of imide groups is 1. The lowest BCUT2D eigenvalue weighted by Gasteiger charge is -2.08. The molecule has 56 valence electrons. The number of carbonyl (C=O) groups is 3. The number of ketones is 1. The largest absolute Gasteiger partial charge is 0.295 e. The molecule has 0 aliphatic rings. The van der Waals surface area contributed by atoms with Crippen LogP contribution in [0.15, 0.2) is 0 Å². The van der Waals surface area contributed by atoms with E-state index >= 15 is 0 Å². The van der Waals surface area contributed by atoms with E-state index < -0.39 is 17.6 Å². The number of hydrogen-bond donors (Lipinski definition) is 0. The predicted molar refractivity (Wildman–Crippen MR) is 34.1 cm³/mol. The van der Waals surface area contributed by atoms with Crippen molar-refractivity contribution < 1.29 is 14.4 Å². The Morgan fingerprint density at radius 2 is 1.50 bits per heavy atom. The molecule has 0 saturated carbocycles. The van der Waals surface area contributed by atoms with Crippen LogP contribution in [-0.4, -0.2) is 29.5 Å². The maximum atomic E-state index is 10.6. The highest BCUT2D eigenvalue weighted by atomic mass is 16.2. The molecule has 0 aliphatic heterocycles. The number of nitrogens with zero attached hydrogens (tertiary/aromatic N) is 1. The second kappa shape index (κ2) is 3.10. The summed E-state index contributed by atoms with van der Waals surface area (Å²) in [5, 5.41) is 0. The van der Waals surface area contributed by atoms with Gasteiger partial charge in [-0.05, 0) is 0 Å². The lowest BCUT2D eigenvalue weighted by molar-refractivity contribution is -0.148. The fourth-order valence-electron chi connectivity index (χ4n) is 0.379. The van der Waals surface area contributed by atoms with Gasteiger partial charge in [0.15, 0.2) is 0 Å². The highest BCUT2D eigenvalue weighted by Gasteiger charge is 2.16. The van der Waals surface area contributed by atoms with Gasteiger partial charge in [-0.1, -0.05) is 0 Å². The van der Waals surface area contributed by atoms with Crippen LogP contribution in [0.4, 0.5) is 0 Å². The zero-order chi connectivity index (χ0) is 8.31. The first-order chi connectivity index (χ1) is 4.46. The minimum absolute atomic E-state index is 0.430. The van der Waals surface area contributed by atoms with Gasteiger partial charge in [-0.25, -0.2) is 0 Å². The highest BCUT2D eigenvalue weighted by Crippen LogP contribution is 1.85. The summed E-state index contributed by atoms with van der Waals surface area (Å²) >= 11 is 0. The minimum Gasteiger partial charge on any atom is -0.289 e. The number of carbonyl (C=O) groups excluding carboxylic acids is 3. The molecule has 4 nitrogen and oxygen atoms in total. The van der Waals surface area contributed by atoms with Crippen molar-refractivity contribution in [1.29, 1.82) is 0 Å². The molecular weight excluding hydrogens is 134 g/mol. The summed E-state index contributed by atoms with van der Waals surface area (Å²) in [7, 11) is 1.27. The highest BCUT2D eigenvalue weighted by molar-refractivity contribution is 6.37. The first kappa shape index (κ1) is 8.81. The lowest BCUT2D eigenvalue weighted by atomic mass is 10.4. The molecule has 0 aromatic rings. The van der Waals surface area contributed by atoms with E-state index in [1.54, 1.807) is 0 Å². The number of Topliss-reactive ketones (excluding diaryl/α,β-unsaturated/α-hetero) is 1. The smallest absolute Gasteiger partial charge is 0.289 e. The average Bonchev–Trinajstić information content (AvgIpc) is 1.84. The Kier molecular flexibility index (Phi) is 2.73. The maximum Gasteiger partial charge on any atom is 0.295 e. The monoisotopic (exact) mass is 143 g/mol. The molecule has 0 atom stereocenters. The Morgan fingerprint density at radius 1 is 1.10 bits per heavy atom. The van der Waals surface area contributed by atoms with Crippen molar-refractivity contribution in [2.24, 2.45) is 0 Å². The lowest BCUT2D eigenvalue weighted by Crippen LogP contribution is -2.35. The molecule has 0 aliphatic carbocycles. The van der Waals surface area contributed by atoms with Gasteiger partial charge in [-0.2, -0.15) is 0 Å². The molecule has 0 fully saturated rings. The van der Waals surface area contributed by atoms with Gasteiger partial charge in [0.25, 0.3) is 5.91 Å². The van der Waals surface area contributed by atoms with E-state index in [2.05, 4.69) is 0 Å². The van der Waals surface area contributed by atoms with E-state index in [4.69, 9.17) is 0 Å². The van der Waals surface area contributed by atoms with Gasteiger partial charge in [0.2, 0.25) is 11.7 Å². The van der Waals surface area contributed by atoms with Crippen LogP contribution in [0.5, 0.6) is 0 Å². The topological polar surface area (TPSA) is 54.5 Å². The van der Waals surface area contributed by atoms with E-state index in [0.29, 0.717) is 0 Å². The van der Waals surface area contributed by atoms with Crippen LogP contribution in [0, 0.1) is 0 Å². The van der Waals surface area contributed by atoms with Gasteiger partial charge in [-0.3, -0.25) is 19.3 Å². The van der Waals surface area contributed by atoms with E-state index in [1.165, 1.54) is 14.0 Å². The number of amides is 2. The van der Waals surface area contributed by atoms with Gasteiger partial charge in [0.1, 0.15) is 0 Å². The summed E-state index contributed by atoms with van der Waals surface area (Å²) in [5.74, 6) is -1.83. The zero-order valence-electron chi connectivity index (χ0n) is 6.17. The van der Waals surface area contributed by atoms with Crippen LogP contribution in [0.25, 0.3) is 0 Å². The average molecular weight is 143 g/mol. The van der Waals surface area contributed by atoms with Gasteiger partial charge >= 0.3 is 0 Å². The molecule has 0 bridgehead atoms. The first-order valence-corrected chi connectivity index (χ1v) is 2.76. The maximum absolute atomic E-state index is 10.6. The SMILES string of the molecule is CC(=O)C(=O)N(C)C(C)=O. The van der Waals surface area contributed by atoms with Crippen molar-refractivity contribution in [1.82, 2.24) is 4.90 Å². The van der Waals surface area contributed by atoms with Gasteiger partial charge in [0.05, 0.1) is 0 Å². The zero-order valence-corrected chi connectivity index (χ0v) is 6.17. The van der Waals surface area contributed by atoms with Crippen LogP contribution in [0.2, 0.25) is 0 Å². The summed E-state index contributed by atoms with van der Waals surface area (Å²) in [5.41, 5.74) is 0. The second-order valence-corrected chi connectivity index (χ2v) is 1.94. The Balaban J connectivity index is 4.22. The molecule has 0 heterocycles. The van der Waals surface area contributed by atoms with Crippen LogP contribution >= 0.6 is 0 Å². The molecule has 10 heavy (non-hydrogen) atoms. The van der Waals surface area contributed by atoms with Crippen molar-refractivity contribution in [3.05, 3.63) is 0 Å². The molecule has 0 N–H and O–H groups in total. The van der Waals surface area contributed by atoms with Crippen molar-refractivity contribution in [2.75, 3.05) is 7.05 Å². The number of likely N-dealkylation sites (N-methyl/N-ethyl adjacent to an activating group) is 1. The van der Waals surface area contributed by atoms with E-state index in [-0.39, 0.29) is 0 Å².